The maximum atomic E-state index is 13.2. The quantitative estimate of drug-likeness (QED) is 0.542. The number of phenols is 1. The summed E-state index contributed by atoms with van der Waals surface area (Å²) < 4.78 is 5.19. The van der Waals surface area contributed by atoms with Gasteiger partial charge >= 0.3 is 6.09 Å². The van der Waals surface area contributed by atoms with Crippen LogP contribution in [0, 0.1) is 0 Å². The van der Waals surface area contributed by atoms with E-state index in [0.29, 0.717) is 12.1 Å². The molecule has 3 N–H and O–H groups in total. The number of hydrogen-bond donors (Lipinski definition) is 3. The van der Waals surface area contributed by atoms with E-state index in [4.69, 9.17) is 4.74 Å². The first-order chi connectivity index (χ1) is 14.3. The van der Waals surface area contributed by atoms with Crippen LogP contribution in [0.1, 0.15) is 72.9 Å². The molecule has 1 atom stereocenters. The van der Waals surface area contributed by atoms with E-state index in [9.17, 15) is 19.5 Å². The van der Waals surface area contributed by atoms with Crippen LogP contribution in [0.25, 0.3) is 0 Å². The van der Waals surface area contributed by atoms with Gasteiger partial charge in [0.05, 0.1) is 0 Å². The lowest BCUT2D eigenvalue weighted by molar-refractivity contribution is -0.145. The zero-order valence-corrected chi connectivity index (χ0v) is 19.7. The molecule has 0 spiro atoms. The molecule has 0 fully saturated rings. The van der Waals surface area contributed by atoms with Crippen LogP contribution >= 0.6 is 0 Å². The van der Waals surface area contributed by atoms with Gasteiger partial charge in [0.2, 0.25) is 11.8 Å². The molecule has 0 aliphatic rings. The number of unbranched alkanes of at least 4 members (excludes halogenated alkanes) is 1. The second-order valence-corrected chi connectivity index (χ2v) is 9.43. The number of ether oxygens (including phenoxy) is 1. The van der Waals surface area contributed by atoms with Crippen LogP contribution in [0.15, 0.2) is 24.3 Å². The smallest absolute Gasteiger partial charge is 0.408 e. The molecular formula is C23H37N3O5. The Morgan fingerprint density at radius 1 is 1.10 bits per heavy atom. The van der Waals surface area contributed by atoms with Gasteiger partial charge in [0.1, 0.15) is 23.9 Å². The van der Waals surface area contributed by atoms with Crippen molar-refractivity contribution in [3.63, 3.8) is 0 Å². The molecule has 31 heavy (non-hydrogen) atoms. The Hall–Kier alpha value is -2.77. The van der Waals surface area contributed by atoms with Crippen molar-refractivity contribution in [1.29, 1.82) is 0 Å². The summed E-state index contributed by atoms with van der Waals surface area (Å²) in [6, 6.07) is 5.32. The number of nitrogens with one attached hydrogen (secondary N) is 2. The minimum absolute atomic E-state index is 0.00273. The highest BCUT2D eigenvalue weighted by Crippen LogP contribution is 2.30. The topological polar surface area (TPSA) is 108 Å². The Bertz CT molecular complexity index is 765. The van der Waals surface area contributed by atoms with E-state index in [1.165, 1.54) is 17.0 Å². The van der Waals surface area contributed by atoms with Gasteiger partial charge in [-0.3, -0.25) is 9.59 Å². The minimum Gasteiger partial charge on any atom is -0.508 e. The van der Waals surface area contributed by atoms with Crippen molar-refractivity contribution < 1.29 is 24.2 Å². The standard InChI is InChI=1S/C23H37N3O5/c1-8-9-13-24-20(29)19(16-11-10-12-17(27)14-16)26(22(2,3)4)18(28)15-25-21(30)31-23(5,6)7/h10-12,14,19,27H,8-9,13,15H2,1-7H3,(H,24,29)(H,25,30). The average Bonchev–Trinajstić information content (AvgIpc) is 2.61. The van der Waals surface area contributed by atoms with Gasteiger partial charge in [-0.05, 0) is 65.7 Å². The van der Waals surface area contributed by atoms with E-state index in [1.54, 1.807) is 32.9 Å². The molecule has 3 amide bonds. The lowest BCUT2D eigenvalue weighted by atomic mass is 9.96. The average molecular weight is 436 g/mol. The molecular weight excluding hydrogens is 398 g/mol. The molecule has 0 saturated carbocycles. The van der Waals surface area contributed by atoms with Gasteiger partial charge in [-0.25, -0.2) is 4.79 Å². The van der Waals surface area contributed by atoms with Gasteiger partial charge in [0.25, 0.3) is 0 Å². The van der Waals surface area contributed by atoms with E-state index in [2.05, 4.69) is 10.6 Å². The summed E-state index contributed by atoms with van der Waals surface area (Å²) in [4.78, 5) is 39.8. The van der Waals surface area contributed by atoms with E-state index in [-0.39, 0.29) is 18.2 Å². The van der Waals surface area contributed by atoms with Crippen molar-refractivity contribution in [2.24, 2.45) is 0 Å². The van der Waals surface area contributed by atoms with Crippen LogP contribution in [0.5, 0.6) is 5.75 Å². The van der Waals surface area contributed by atoms with Crippen LogP contribution in [0.2, 0.25) is 0 Å². The number of aromatic hydroxyl groups is 1. The molecule has 0 radical (unpaired) electrons. The summed E-state index contributed by atoms with van der Waals surface area (Å²) in [5.41, 5.74) is -0.958. The summed E-state index contributed by atoms with van der Waals surface area (Å²) in [7, 11) is 0. The first-order valence-corrected chi connectivity index (χ1v) is 10.6. The van der Waals surface area contributed by atoms with Gasteiger partial charge in [0.15, 0.2) is 0 Å². The Kier molecular flexibility index (Phi) is 9.34. The molecule has 1 aromatic rings. The fourth-order valence-electron chi connectivity index (χ4n) is 3.05. The summed E-state index contributed by atoms with van der Waals surface area (Å²) >= 11 is 0. The minimum atomic E-state index is -0.975. The molecule has 0 aliphatic carbocycles. The summed E-state index contributed by atoms with van der Waals surface area (Å²) in [5.74, 6) is -0.797. The fraction of sp³-hybridized carbons (Fsp3) is 0.609. The normalized spacial score (nSPS) is 12.6. The van der Waals surface area contributed by atoms with Gasteiger partial charge in [-0.15, -0.1) is 0 Å². The van der Waals surface area contributed by atoms with Gasteiger partial charge in [-0.2, -0.15) is 0 Å². The number of hydrogen-bond acceptors (Lipinski definition) is 5. The number of nitrogens with zero attached hydrogens (tertiary/aromatic N) is 1. The molecule has 0 bridgehead atoms. The summed E-state index contributed by atoms with van der Waals surface area (Å²) in [5, 5.41) is 15.3. The van der Waals surface area contributed by atoms with Crippen molar-refractivity contribution >= 4 is 17.9 Å². The fourth-order valence-corrected chi connectivity index (χ4v) is 3.05. The molecule has 1 aromatic carbocycles. The molecule has 8 heteroatoms. The second-order valence-electron chi connectivity index (χ2n) is 9.43. The SMILES string of the molecule is CCCCNC(=O)C(c1cccc(O)c1)N(C(=O)CNC(=O)OC(C)(C)C)C(C)(C)C. The van der Waals surface area contributed by atoms with Crippen LogP contribution in [0.3, 0.4) is 0 Å². The summed E-state index contributed by atoms with van der Waals surface area (Å²) in [6.45, 7) is 12.8. The highest BCUT2D eigenvalue weighted by atomic mass is 16.6. The van der Waals surface area contributed by atoms with E-state index in [1.807, 2.05) is 27.7 Å². The second kappa shape index (κ2) is 11.0. The number of rotatable bonds is 8. The van der Waals surface area contributed by atoms with E-state index < -0.39 is 29.2 Å². The van der Waals surface area contributed by atoms with Crippen molar-refractivity contribution in [3.8, 4) is 5.75 Å². The Labute approximate surface area is 185 Å². The molecule has 1 rings (SSSR count). The third-order valence-corrected chi connectivity index (χ3v) is 4.30. The summed E-state index contributed by atoms with van der Waals surface area (Å²) in [6.07, 6.45) is 1.01. The van der Waals surface area contributed by atoms with Gasteiger partial charge in [0, 0.05) is 12.1 Å². The van der Waals surface area contributed by atoms with Crippen molar-refractivity contribution in [2.75, 3.05) is 13.1 Å². The van der Waals surface area contributed by atoms with Crippen LogP contribution in [-0.2, 0) is 14.3 Å². The Balaban J connectivity index is 3.21. The van der Waals surface area contributed by atoms with E-state index in [0.717, 1.165) is 12.8 Å². The Morgan fingerprint density at radius 3 is 2.26 bits per heavy atom. The predicted molar refractivity (Wildman–Crippen MR) is 120 cm³/mol. The number of alkyl carbamates (subject to hydrolysis) is 1. The molecule has 0 aromatic heterocycles. The largest absolute Gasteiger partial charge is 0.508 e. The first-order valence-electron chi connectivity index (χ1n) is 10.6. The zero-order valence-electron chi connectivity index (χ0n) is 19.7. The third kappa shape index (κ3) is 8.86. The monoisotopic (exact) mass is 435 g/mol. The number of phenolic OH excluding ortho intramolecular Hbond substituents is 1. The van der Waals surface area contributed by atoms with Gasteiger partial charge < -0.3 is 25.4 Å². The number of carbonyl (C=O) groups is 3. The van der Waals surface area contributed by atoms with Crippen LogP contribution in [0.4, 0.5) is 4.79 Å². The first kappa shape index (κ1) is 26.3. The molecule has 0 saturated heterocycles. The molecule has 1 unspecified atom stereocenters. The number of benzene rings is 1. The van der Waals surface area contributed by atoms with Crippen LogP contribution < -0.4 is 10.6 Å². The molecule has 0 heterocycles. The van der Waals surface area contributed by atoms with Gasteiger partial charge in [-0.1, -0.05) is 25.5 Å². The van der Waals surface area contributed by atoms with Crippen LogP contribution in [-0.4, -0.2) is 52.1 Å². The number of carbonyl (C=O) groups excluding carboxylic acids is 3. The van der Waals surface area contributed by atoms with E-state index >= 15 is 0 Å². The lowest BCUT2D eigenvalue weighted by Gasteiger charge is -2.41. The maximum Gasteiger partial charge on any atom is 0.408 e. The highest BCUT2D eigenvalue weighted by Gasteiger charge is 2.38. The lowest BCUT2D eigenvalue weighted by Crippen LogP contribution is -2.55. The van der Waals surface area contributed by atoms with Crippen molar-refractivity contribution in [3.05, 3.63) is 29.8 Å². The van der Waals surface area contributed by atoms with Crippen molar-refractivity contribution in [2.45, 2.75) is 78.5 Å². The third-order valence-electron chi connectivity index (χ3n) is 4.30. The zero-order chi connectivity index (χ0) is 23.8. The molecule has 8 nitrogen and oxygen atoms in total. The predicted octanol–water partition coefficient (Wildman–Crippen LogP) is 3.50. The molecule has 174 valence electrons. The highest BCUT2D eigenvalue weighted by molar-refractivity contribution is 5.91. The molecule has 0 aliphatic heterocycles. The van der Waals surface area contributed by atoms with Crippen molar-refractivity contribution in [1.82, 2.24) is 15.5 Å². The Morgan fingerprint density at radius 2 is 1.74 bits per heavy atom. The number of amides is 3. The maximum absolute atomic E-state index is 13.2.